The zero-order valence-electron chi connectivity index (χ0n) is 11.0. The molecule has 2 atom stereocenters. The van der Waals surface area contributed by atoms with E-state index in [0.717, 1.165) is 5.56 Å². The average molecular weight is 261 g/mol. The average Bonchev–Trinajstić information content (AvgIpc) is 2.42. The van der Waals surface area contributed by atoms with E-state index in [1.807, 2.05) is 30.3 Å². The summed E-state index contributed by atoms with van der Waals surface area (Å²) < 4.78 is 0. The summed E-state index contributed by atoms with van der Waals surface area (Å²) in [7, 11) is 0. The standard InChI is InChI=1S/C14H19N3O2/c1-10-13(18)16-7-8-17(10)14(19)12(15)9-11-5-3-2-4-6-11/h2-6,10,12H,7-9,15H2,1H3,(H,16,18)/t10-,12+/m1/s1. The number of benzene rings is 1. The van der Waals surface area contributed by atoms with E-state index in [2.05, 4.69) is 5.32 Å². The smallest absolute Gasteiger partial charge is 0.242 e. The fourth-order valence-electron chi connectivity index (χ4n) is 2.25. The fraction of sp³-hybridized carbons (Fsp3) is 0.429. The van der Waals surface area contributed by atoms with Crippen molar-refractivity contribution in [1.29, 1.82) is 0 Å². The van der Waals surface area contributed by atoms with Gasteiger partial charge in [-0.05, 0) is 18.9 Å². The van der Waals surface area contributed by atoms with Gasteiger partial charge in [0.15, 0.2) is 0 Å². The van der Waals surface area contributed by atoms with E-state index < -0.39 is 12.1 Å². The molecule has 0 bridgehead atoms. The van der Waals surface area contributed by atoms with Crippen LogP contribution in [0.3, 0.4) is 0 Å². The number of carbonyl (C=O) groups excluding carboxylic acids is 2. The summed E-state index contributed by atoms with van der Waals surface area (Å²) in [5.41, 5.74) is 6.99. The molecule has 1 saturated heterocycles. The van der Waals surface area contributed by atoms with Gasteiger partial charge in [-0.3, -0.25) is 9.59 Å². The van der Waals surface area contributed by atoms with Crippen LogP contribution in [0, 0.1) is 0 Å². The first-order valence-corrected chi connectivity index (χ1v) is 6.47. The van der Waals surface area contributed by atoms with E-state index in [0.29, 0.717) is 19.5 Å². The number of carbonyl (C=O) groups is 2. The maximum Gasteiger partial charge on any atom is 0.242 e. The van der Waals surface area contributed by atoms with Gasteiger partial charge in [0.05, 0.1) is 6.04 Å². The van der Waals surface area contributed by atoms with Crippen LogP contribution >= 0.6 is 0 Å². The van der Waals surface area contributed by atoms with Gasteiger partial charge >= 0.3 is 0 Å². The largest absolute Gasteiger partial charge is 0.353 e. The van der Waals surface area contributed by atoms with E-state index in [-0.39, 0.29) is 11.8 Å². The molecule has 3 N–H and O–H groups in total. The Hall–Kier alpha value is -1.88. The normalized spacial score (nSPS) is 20.8. The highest BCUT2D eigenvalue weighted by Crippen LogP contribution is 2.09. The monoisotopic (exact) mass is 261 g/mol. The number of nitrogens with two attached hydrogens (primary N) is 1. The Bertz CT molecular complexity index is 461. The highest BCUT2D eigenvalue weighted by atomic mass is 16.2. The lowest BCUT2D eigenvalue weighted by Gasteiger charge is -2.34. The Morgan fingerprint density at radius 3 is 2.84 bits per heavy atom. The quantitative estimate of drug-likeness (QED) is 0.798. The predicted molar refractivity (Wildman–Crippen MR) is 72.3 cm³/mol. The first-order chi connectivity index (χ1) is 9.09. The first kappa shape index (κ1) is 13.5. The van der Waals surface area contributed by atoms with Crippen LogP contribution in [0.1, 0.15) is 12.5 Å². The van der Waals surface area contributed by atoms with Crippen molar-refractivity contribution in [2.45, 2.75) is 25.4 Å². The van der Waals surface area contributed by atoms with Gasteiger partial charge in [-0.1, -0.05) is 30.3 Å². The summed E-state index contributed by atoms with van der Waals surface area (Å²) in [5, 5.41) is 2.73. The lowest BCUT2D eigenvalue weighted by molar-refractivity contribution is -0.143. The van der Waals surface area contributed by atoms with Crippen LogP contribution < -0.4 is 11.1 Å². The number of nitrogens with zero attached hydrogens (tertiary/aromatic N) is 1. The third-order valence-electron chi connectivity index (χ3n) is 3.40. The van der Waals surface area contributed by atoms with Crippen LogP contribution in [0.2, 0.25) is 0 Å². The van der Waals surface area contributed by atoms with Crippen molar-refractivity contribution in [1.82, 2.24) is 10.2 Å². The Morgan fingerprint density at radius 1 is 1.47 bits per heavy atom. The highest BCUT2D eigenvalue weighted by Gasteiger charge is 2.31. The predicted octanol–water partition coefficient (Wildman–Crippen LogP) is -0.0967. The van der Waals surface area contributed by atoms with E-state index in [1.165, 1.54) is 0 Å². The Morgan fingerprint density at radius 2 is 2.16 bits per heavy atom. The topological polar surface area (TPSA) is 75.4 Å². The Balaban J connectivity index is 2.00. The van der Waals surface area contributed by atoms with Gasteiger partial charge in [0.1, 0.15) is 6.04 Å². The molecule has 0 spiro atoms. The number of nitrogens with one attached hydrogen (secondary N) is 1. The van der Waals surface area contributed by atoms with E-state index in [9.17, 15) is 9.59 Å². The van der Waals surface area contributed by atoms with Crippen LogP contribution in [0.15, 0.2) is 30.3 Å². The molecule has 0 radical (unpaired) electrons. The van der Waals surface area contributed by atoms with Crippen molar-refractivity contribution in [3.05, 3.63) is 35.9 Å². The van der Waals surface area contributed by atoms with Gasteiger partial charge in [0.2, 0.25) is 11.8 Å². The third kappa shape index (κ3) is 3.12. The molecule has 1 aromatic carbocycles. The molecule has 5 heteroatoms. The summed E-state index contributed by atoms with van der Waals surface area (Å²) in [6.45, 7) is 2.74. The molecule has 1 aromatic rings. The van der Waals surface area contributed by atoms with E-state index in [1.54, 1.807) is 11.8 Å². The second-order valence-electron chi connectivity index (χ2n) is 4.79. The summed E-state index contributed by atoms with van der Waals surface area (Å²) in [4.78, 5) is 25.4. The van der Waals surface area contributed by atoms with Crippen LogP contribution in [0.5, 0.6) is 0 Å². The van der Waals surface area contributed by atoms with Gasteiger partial charge < -0.3 is 16.0 Å². The minimum atomic E-state index is -0.601. The van der Waals surface area contributed by atoms with E-state index >= 15 is 0 Å². The molecule has 0 aromatic heterocycles. The summed E-state index contributed by atoms with van der Waals surface area (Å²) >= 11 is 0. The third-order valence-corrected chi connectivity index (χ3v) is 3.40. The first-order valence-electron chi connectivity index (χ1n) is 6.47. The van der Waals surface area contributed by atoms with Crippen molar-refractivity contribution in [3.8, 4) is 0 Å². The molecule has 1 heterocycles. The Kier molecular flexibility index (Phi) is 4.16. The molecule has 2 amide bonds. The van der Waals surface area contributed by atoms with Crippen molar-refractivity contribution in [3.63, 3.8) is 0 Å². The maximum absolute atomic E-state index is 12.3. The van der Waals surface area contributed by atoms with Gasteiger partial charge in [-0.25, -0.2) is 0 Å². The number of hydrogen-bond donors (Lipinski definition) is 2. The molecule has 1 aliphatic heterocycles. The van der Waals surface area contributed by atoms with Gasteiger partial charge in [-0.2, -0.15) is 0 Å². The minimum Gasteiger partial charge on any atom is -0.353 e. The molecule has 0 aliphatic carbocycles. The molecule has 2 rings (SSSR count). The molecule has 102 valence electrons. The van der Waals surface area contributed by atoms with Crippen molar-refractivity contribution in [2.75, 3.05) is 13.1 Å². The number of piperazine rings is 1. The second kappa shape index (κ2) is 5.84. The molecule has 0 unspecified atom stereocenters. The van der Waals surface area contributed by atoms with Crippen molar-refractivity contribution < 1.29 is 9.59 Å². The maximum atomic E-state index is 12.3. The van der Waals surface area contributed by atoms with Gasteiger partial charge in [0.25, 0.3) is 0 Å². The zero-order valence-corrected chi connectivity index (χ0v) is 11.0. The molecule has 0 saturated carbocycles. The summed E-state index contributed by atoms with van der Waals surface area (Å²) in [6.07, 6.45) is 0.491. The lowest BCUT2D eigenvalue weighted by Crippen LogP contribution is -2.59. The molecule has 1 fully saturated rings. The van der Waals surface area contributed by atoms with Gasteiger partial charge in [0, 0.05) is 13.1 Å². The van der Waals surface area contributed by atoms with Crippen LogP contribution in [-0.4, -0.2) is 41.9 Å². The van der Waals surface area contributed by atoms with Crippen LogP contribution in [-0.2, 0) is 16.0 Å². The molecular formula is C14H19N3O2. The fourth-order valence-corrected chi connectivity index (χ4v) is 2.25. The second-order valence-corrected chi connectivity index (χ2v) is 4.79. The number of rotatable bonds is 3. The summed E-state index contributed by atoms with van der Waals surface area (Å²) in [5.74, 6) is -0.280. The summed E-state index contributed by atoms with van der Waals surface area (Å²) in [6, 6.07) is 8.61. The Labute approximate surface area is 112 Å². The molecule has 1 aliphatic rings. The SMILES string of the molecule is C[C@@H]1C(=O)NCCN1C(=O)[C@@H](N)Cc1ccccc1. The number of hydrogen-bond acceptors (Lipinski definition) is 3. The minimum absolute atomic E-state index is 0.119. The van der Waals surface area contributed by atoms with Crippen molar-refractivity contribution in [2.24, 2.45) is 5.73 Å². The van der Waals surface area contributed by atoms with E-state index in [4.69, 9.17) is 5.73 Å². The number of amides is 2. The van der Waals surface area contributed by atoms with Crippen LogP contribution in [0.25, 0.3) is 0 Å². The highest BCUT2D eigenvalue weighted by molar-refractivity contribution is 5.90. The molecule has 5 nitrogen and oxygen atoms in total. The molecular weight excluding hydrogens is 242 g/mol. The molecule has 19 heavy (non-hydrogen) atoms. The van der Waals surface area contributed by atoms with Crippen molar-refractivity contribution >= 4 is 11.8 Å². The lowest BCUT2D eigenvalue weighted by atomic mass is 10.0. The van der Waals surface area contributed by atoms with Crippen LogP contribution in [0.4, 0.5) is 0 Å². The van der Waals surface area contributed by atoms with Gasteiger partial charge in [-0.15, -0.1) is 0 Å². The zero-order chi connectivity index (χ0) is 13.8.